The molecule has 0 radical (unpaired) electrons. The number of hydrogen-bond donors (Lipinski definition) is 1. The van der Waals surface area contributed by atoms with E-state index in [-0.39, 0.29) is 30.4 Å². The normalized spacial score (nSPS) is 34.2. The van der Waals surface area contributed by atoms with Gasteiger partial charge in [-0.05, 0) is 25.2 Å². The summed E-state index contributed by atoms with van der Waals surface area (Å²) in [6, 6.07) is 0.301. The molecule has 0 aromatic heterocycles. The molecule has 1 N–H and O–H groups in total. The lowest BCUT2D eigenvalue weighted by Crippen LogP contribution is -2.44. The molecule has 0 aromatic carbocycles. The topological polar surface area (TPSA) is 60.9 Å². The van der Waals surface area contributed by atoms with Gasteiger partial charge in [-0.1, -0.05) is 19.8 Å². The first-order chi connectivity index (χ1) is 10.1. The van der Waals surface area contributed by atoms with Crippen LogP contribution in [-0.4, -0.2) is 58.5 Å². The van der Waals surface area contributed by atoms with Crippen LogP contribution in [0, 0.1) is 11.8 Å². The molecule has 3 fully saturated rings. The van der Waals surface area contributed by atoms with Crippen molar-refractivity contribution in [2.45, 2.75) is 57.5 Å². The maximum Gasteiger partial charge on any atom is 0.228 e. The second-order valence-electron chi connectivity index (χ2n) is 6.93. The quantitative estimate of drug-likeness (QED) is 0.845. The summed E-state index contributed by atoms with van der Waals surface area (Å²) in [4.78, 5) is 28.7. The summed E-state index contributed by atoms with van der Waals surface area (Å²) >= 11 is 0. The third-order valence-corrected chi connectivity index (χ3v) is 5.63. The zero-order chi connectivity index (χ0) is 15.0. The Morgan fingerprint density at radius 2 is 2.00 bits per heavy atom. The second-order valence-corrected chi connectivity index (χ2v) is 6.93. The van der Waals surface area contributed by atoms with Crippen LogP contribution < -0.4 is 0 Å². The second kappa shape index (κ2) is 5.95. The first-order valence-corrected chi connectivity index (χ1v) is 8.32. The molecule has 2 aliphatic heterocycles. The molecule has 3 rings (SSSR count). The first kappa shape index (κ1) is 14.8. The molecular weight excluding hydrogens is 268 g/mol. The Labute approximate surface area is 126 Å². The van der Waals surface area contributed by atoms with E-state index in [0.717, 1.165) is 25.8 Å². The number of likely N-dealkylation sites (tertiary alicyclic amines) is 2. The van der Waals surface area contributed by atoms with E-state index < -0.39 is 0 Å². The fraction of sp³-hybridized carbons (Fsp3) is 0.875. The molecule has 21 heavy (non-hydrogen) atoms. The maximum absolute atomic E-state index is 12.7. The van der Waals surface area contributed by atoms with Gasteiger partial charge in [0.1, 0.15) is 0 Å². The van der Waals surface area contributed by atoms with Crippen molar-refractivity contribution in [1.29, 1.82) is 0 Å². The highest BCUT2D eigenvalue weighted by Gasteiger charge is 2.43. The molecule has 0 bridgehead atoms. The average Bonchev–Trinajstić information content (AvgIpc) is 3.17. The van der Waals surface area contributed by atoms with Crippen LogP contribution in [0.25, 0.3) is 0 Å². The minimum atomic E-state index is -0.197. The van der Waals surface area contributed by atoms with Gasteiger partial charge in [0, 0.05) is 25.6 Å². The molecule has 3 unspecified atom stereocenters. The van der Waals surface area contributed by atoms with Crippen LogP contribution in [0.4, 0.5) is 0 Å². The van der Waals surface area contributed by atoms with E-state index in [4.69, 9.17) is 0 Å². The van der Waals surface area contributed by atoms with Crippen LogP contribution in [0.15, 0.2) is 0 Å². The number of amides is 2. The van der Waals surface area contributed by atoms with Crippen molar-refractivity contribution >= 4 is 11.8 Å². The molecule has 1 aliphatic carbocycles. The van der Waals surface area contributed by atoms with Gasteiger partial charge in [-0.3, -0.25) is 9.59 Å². The lowest BCUT2D eigenvalue weighted by Gasteiger charge is -2.28. The van der Waals surface area contributed by atoms with Crippen LogP contribution in [0.1, 0.15) is 45.4 Å². The molecule has 118 valence electrons. The monoisotopic (exact) mass is 294 g/mol. The van der Waals surface area contributed by atoms with Crippen molar-refractivity contribution < 1.29 is 14.7 Å². The van der Waals surface area contributed by atoms with Gasteiger partial charge in [0.15, 0.2) is 0 Å². The van der Waals surface area contributed by atoms with Crippen LogP contribution in [0.3, 0.4) is 0 Å². The Morgan fingerprint density at radius 1 is 1.29 bits per heavy atom. The van der Waals surface area contributed by atoms with Crippen molar-refractivity contribution in [2.24, 2.45) is 11.8 Å². The maximum atomic E-state index is 12.7. The van der Waals surface area contributed by atoms with Gasteiger partial charge in [0.2, 0.25) is 11.8 Å². The Bertz CT molecular complexity index is 420. The van der Waals surface area contributed by atoms with Gasteiger partial charge in [0.25, 0.3) is 0 Å². The highest BCUT2D eigenvalue weighted by atomic mass is 16.3. The smallest absolute Gasteiger partial charge is 0.228 e. The standard InChI is InChI=1S/C16H26N2O3/c1-11-6-7-17(14(11)10-19)16(21)12-8-15(20)18(9-12)13-4-2-3-5-13/h11-14,19H,2-10H2,1H3. The van der Waals surface area contributed by atoms with Crippen molar-refractivity contribution in [3.63, 3.8) is 0 Å². The number of carbonyl (C=O) groups excluding carboxylic acids is 2. The number of nitrogens with zero attached hydrogens (tertiary/aromatic N) is 2. The van der Waals surface area contributed by atoms with Gasteiger partial charge in [-0.25, -0.2) is 0 Å². The summed E-state index contributed by atoms with van der Waals surface area (Å²) < 4.78 is 0. The van der Waals surface area contributed by atoms with Crippen molar-refractivity contribution in [3.05, 3.63) is 0 Å². The predicted molar refractivity (Wildman–Crippen MR) is 78.4 cm³/mol. The summed E-state index contributed by atoms with van der Waals surface area (Å²) in [7, 11) is 0. The van der Waals surface area contributed by atoms with Gasteiger partial charge in [-0.2, -0.15) is 0 Å². The molecule has 5 nitrogen and oxygen atoms in total. The van der Waals surface area contributed by atoms with Gasteiger partial charge in [-0.15, -0.1) is 0 Å². The number of carbonyl (C=O) groups is 2. The minimum absolute atomic E-state index is 0.0277. The molecule has 5 heteroatoms. The number of rotatable bonds is 3. The number of aliphatic hydroxyl groups is 1. The van der Waals surface area contributed by atoms with E-state index in [9.17, 15) is 14.7 Å². The fourth-order valence-corrected chi connectivity index (χ4v) is 4.26. The van der Waals surface area contributed by atoms with Crippen LogP contribution in [0.5, 0.6) is 0 Å². The Morgan fingerprint density at radius 3 is 2.67 bits per heavy atom. The van der Waals surface area contributed by atoms with Gasteiger partial charge >= 0.3 is 0 Å². The lowest BCUT2D eigenvalue weighted by atomic mass is 10.0. The summed E-state index contributed by atoms with van der Waals surface area (Å²) in [5.41, 5.74) is 0. The van der Waals surface area contributed by atoms with Crippen molar-refractivity contribution in [2.75, 3.05) is 19.7 Å². The molecule has 2 saturated heterocycles. The highest BCUT2D eigenvalue weighted by Crippen LogP contribution is 2.32. The largest absolute Gasteiger partial charge is 0.394 e. The third kappa shape index (κ3) is 2.68. The zero-order valence-corrected chi connectivity index (χ0v) is 12.8. The number of aliphatic hydroxyl groups excluding tert-OH is 1. The molecule has 2 amide bonds. The molecule has 2 heterocycles. The molecule has 3 aliphatic rings. The average molecular weight is 294 g/mol. The number of hydrogen-bond acceptors (Lipinski definition) is 3. The predicted octanol–water partition coefficient (Wildman–Crippen LogP) is 1.01. The minimum Gasteiger partial charge on any atom is -0.394 e. The van der Waals surface area contributed by atoms with Gasteiger partial charge in [0.05, 0.1) is 18.6 Å². The van der Waals surface area contributed by atoms with Gasteiger partial charge < -0.3 is 14.9 Å². The zero-order valence-electron chi connectivity index (χ0n) is 12.8. The Kier molecular flexibility index (Phi) is 4.20. The Balaban J connectivity index is 1.65. The summed E-state index contributed by atoms with van der Waals surface area (Å²) in [6.45, 7) is 3.42. The van der Waals surface area contributed by atoms with Crippen molar-refractivity contribution in [1.82, 2.24) is 9.80 Å². The molecule has 1 saturated carbocycles. The van der Waals surface area contributed by atoms with Crippen LogP contribution in [0.2, 0.25) is 0 Å². The third-order valence-electron chi connectivity index (χ3n) is 5.63. The summed E-state index contributed by atoms with van der Waals surface area (Å²) in [5.74, 6) is 0.375. The van der Waals surface area contributed by atoms with E-state index in [1.807, 2.05) is 9.80 Å². The van der Waals surface area contributed by atoms with E-state index in [2.05, 4.69) is 6.92 Å². The summed E-state index contributed by atoms with van der Waals surface area (Å²) in [5, 5.41) is 9.50. The fourth-order valence-electron chi connectivity index (χ4n) is 4.26. The molecule has 3 atom stereocenters. The van der Waals surface area contributed by atoms with Crippen LogP contribution >= 0.6 is 0 Å². The van der Waals surface area contributed by atoms with Crippen molar-refractivity contribution in [3.8, 4) is 0 Å². The van der Waals surface area contributed by atoms with E-state index in [0.29, 0.717) is 24.9 Å². The molecular formula is C16H26N2O3. The lowest BCUT2D eigenvalue weighted by molar-refractivity contribution is -0.137. The van der Waals surface area contributed by atoms with E-state index >= 15 is 0 Å². The highest BCUT2D eigenvalue weighted by molar-refractivity contribution is 5.89. The van der Waals surface area contributed by atoms with E-state index in [1.165, 1.54) is 12.8 Å². The molecule has 0 spiro atoms. The summed E-state index contributed by atoms with van der Waals surface area (Å²) in [6.07, 6.45) is 5.88. The molecule has 0 aromatic rings. The SMILES string of the molecule is CC1CCN(C(=O)C2CC(=O)N(C3CCCC3)C2)C1CO. The Hall–Kier alpha value is -1.10. The first-order valence-electron chi connectivity index (χ1n) is 8.32. The van der Waals surface area contributed by atoms with E-state index in [1.54, 1.807) is 0 Å². The van der Waals surface area contributed by atoms with Crippen LogP contribution in [-0.2, 0) is 9.59 Å².